The Morgan fingerprint density at radius 1 is 1.28 bits per heavy atom. The normalized spacial score (nSPS) is 10.8. The SMILES string of the molecule is CCOC(=O)c1c(NC(=O)c2cn3ccc(C)cc3n2)sc(C(=O)N(C)C)c1C. The van der Waals surface area contributed by atoms with Gasteiger partial charge < -0.3 is 19.4 Å². The molecule has 0 aliphatic heterocycles. The first-order valence-electron chi connectivity index (χ1n) is 9.01. The number of nitrogens with one attached hydrogen (secondary N) is 1. The Morgan fingerprint density at radius 3 is 2.66 bits per heavy atom. The molecule has 0 aromatic carbocycles. The number of pyridine rings is 1. The number of fused-ring (bicyclic) bond motifs is 1. The number of esters is 1. The number of aryl methyl sites for hydroxylation is 1. The lowest BCUT2D eigenvalue weighted by atomic mass is 10.1. The summed E-state index contributed by atoms with van der Waals surface area (Å²) in [6, 6.07) is 3.78. The summed E-state index contributed by atoms with van der Waals surface area (Å²) in [7, 11) is 3.25. The summed E-state index contributed by atoms with van der Waals surface area (Å²) in [5.41, 5.74) is 2.55. The minimum absolute atomic E-state index is 0.185. The average Bonchev–Trinajstić information content (AvgIpc) is 3.21. The monoisotopic (exact) mass is 414 g/mol. The Bertz CT molecular complexity index is 1110. The van der Waals surface area contributed by atoms with Gasteiger partial charge in [-0.3, -0.25) is 9.59 Å². The molecule has 3 rings (SSSR count). The van der Waals surface area contributed by atoms with Crippen LogP contribution in [0.15, 0.2) is 24.5 Å². The van der Waals surface area contributed by atoms with Gasteiger partial charge in [0.2, 0.25) is 0 Å². The van der Waals surface area contributed by atoms with Crippen LogP contribution in [0.1, 0.15) is 48.6 Å². The fraction of sp³-hybridized carbons (Fsp3) is 0.300. The second-order valence-corrected chi connectivity index (χ2v) is 7.75. The number of imidazole rings is 1. The van der Waals surface area contributed by atoms with Crippen molar-refractivity contribution in [3.63, 3.8) is 0 Å². The topological polar surface area (TPSA) is 93.0 Å². The molecular weight excluding hydrogens is 392 g/mol. The van der Waals surface area contributed by atoms with Crippen LogP contribution in [-0.4, -0.2) is 52.8 Å². The number of thiophene rings is 1. The molecule has 0 atom stereocenters. The largest absolute Gasteiger partial charge is 0.462 e. The van der Waals surface area contributed by atoms with Crippen LogP contribution in [0.4, 0.5) is 5.00 Å². The smallest absolute Gasteiger partial charge is 0.341 e. The van der Waals surface area contributed by atoms with E-state index in [0.717, 1.165) is 16.9 Å². The molecule has 0 radical (unpaired) electrons. The number of hydrogen-bond acceptors (Lipinski definition) is 6. The molecule has 0 aliphatic carbocycles. The zero-order valence-electron chi connectivity index (χ0n) is 16.9. The minimum atomic E-state index is -0.583. The van der Waals surface area contributed by atoms with Gasteiger partial charge in [0, 0.05) is 26.5 Å². The molecular formula is C20H22N4O4S. The van der Waals surface area contributed by atoms with E-state index in [1.54, 1.807) is 38.5 Å². The lowest BCUT2D eigenvalue weighted by Crippen LogP contribution is -2.21. The third-order valence-corrected chi connectivity index (χ3v) is 5.50. The van der Waals surface area contributed by atoms with E-state index < -0.39 is 11.9 Å². The molecule has 1 N–H and O–H groups in total. The predicted octanol–water partition coefficient (Wildman–Crippen LogP) is 3.14. The number of hydrogen-bond donors (Lipinski definition) is 1. The van der Waals surface area contributed by atoms with Crippen molar-refractivity contribution in [3.8, 4) is 0 Å². The molecule has 3 aromatic heterocycles. The number of ether oxygens (including phenoxy) is 1. The quantitative estimate of drug-likeness (QED) is 0.648. The number of amides is 2. The zero-order valence-corrected chi connectivity index (χ0v) is 17.7. The van der Waals surface area contributed by atoms with Gasteiger partial charge in [-0.1, -0.05) is 0 Å². The van der Waals surface area contributed by atoms with Gasteiger partial charge in [0.25, 0.3) is 11.8 Å². The molecule has 0 aliphatic rings. The second kappa shape index (κ2) is 8.04. The van der Waals surface area contributed by atoms with Gasteiger partial charge in [0.05, 0.1) is 17.0 Å². The van der Waals surface area contributed by atoms with E-state index in [4.69, 9.17) is 4.74 Å². The molecule has 0 fully saturated rings. The third-order valence-electron chi connectivity index (χ3n) is 4.30. The Labute approximate surface area is 172 Å². The predicted molar refractivity (Wildman–Crippen MR) is 111 cm³/mol. The van der Waals surface area contributed by atoms with Crippen molar-refractivity contribution >= 4 is 39.8 Å². The summed E-state index contributed by atoms with van der Waals surface area (Å²) in [6.45, 7) is 5.49. The number of rotatable bonds is 5. The molecule has 29 heavy (non-hydrogen) atoms. The molecule has 8 nitrogen and oxygen atoms in total. The van der Waals surface area contributed by atoms with Crippen LogP contribution in [0, 0.1) is 13.8 Å². The van der Waals surface area contributed by atoms with Gasteiger partial charge in [0.1, 0.15) is 16.3 Å². The van der Waals surface area contributed by atoms with E-state index in [2.05, 4.69) is 10.3 Å². The number of anilines is 1. The number of aromatic nitrogens is 2. The van der Waals surface area contributed by atoms with Gasteiger partial charge >= 0.3 is 5.97 Å². The van der Waals surface area contributed by atoms with Crippen LogP contribution in [0.2, 0.25) is 0 Å². The van der Waals surface area contributed by atoms with Crippen LogP contribution < -0.4 is 5.32 Å². The highest BCUT2D eigenvalue weighted by Crippen LogP contribution is 2.34. The van der Waals surface area contributed by atoms with Crippen molar-refractivity contribution in [2.75, 3.05) is 26.0 Å². The number of nitrogens with zero attached hydrogens (tertiary/aromatic N) is 3. The standard InChI is InChI=1S/C20H22N4O4S/c1-6-28-20(27)15-12(3)16(19(26)23(4)5)29-18(15)22-17(25)13-10-24-8-7-11(2)9-14(24)21-13/h7-10H,6H2,1-5H3,(H,22,25). The van der Waals surface area contributed by atoms with Crippen molar-refractivity contribution in [2.24, 2.45) is 0 Å². The van der Waals surface area contributed by atoms with Crippen LogP contribution in [0.3, 0.4) is 0 Å². The molecule has 152 valence electrons. The molecule has 2 amide bonds. The van der Waals surface area contributed by atoms with Gasteiger partial charge in [-0.25, -0.2) is 9.78 Å². The first kappa shape index (κ1) is 20.5. The van der Waals surface area contributed by atoms with E-state index in [-0.39, 0.29) is 28.8 Å². The summed E-state index contributed by atoms with van der Waals surface area (Å²) in [4.78, 5) is 43.9. The summed E-state index contributed by atoms with van der Waals surface area (Å²) in [5, 5.41) is 3.00. The first-order chi connectivity index (χ1) is 13.7. The van der Waals surface area contributed by atoms with Crippen molar-refractivity contribution in [1.29, 1.82) is 0 Å². The van der Waals surface area contributed by atoms with Crippen LogP contribution in [0.25, 0.3) is 5.65 Å². The van der Waals surface area contributed by atoms with Crippen molar-refractivity contribution < 1.29 is 19.1 Å². The van der Waals surface area contributed by atoms with Crippen molar-refractivity contribution in [2.45, 2.75) is 20.8 Å². The lowest BCUT2D eigenvalue weighted by molar-refractivity contribution is 0.0527. The second-order valence-electron chi connectivity index (χ2n) is 6.73. The molecule has 9 heteroatoms. The van der Waals surface area contributed by atoms with Crippen molar-refractivity contribution in [3.05, 3.63) is 51.8 Å². The molecule has 3 aromatic rings. The van der Waals surface area contributed by atoms with Gasteiger partial charge in [0.15, 0.2) is 0 Å². The molecule has 0 saturated heterocycles. The number of carbonyl (C=O) groups excluding carboxylic acids is 3. The molecule has 0 spiro atoms. The Hall–Kier alpha value is -3.20. The molecule has 0 saturated carbocycles. The maximum Gasteiger partial charge on any atom is 0.341 e. The number of carbonyl (C=O) groups is 3. The fourth-order valence-electron chi connectivity index (χ4n) is 2.82. The highest BCUT2D eigenvalue weighted by atomic mass is 32.1. The summed E-state index contributed by atoms with van der Waals surface area (Å²) in [6.07, 6.45) is 3.43. The summed E-state index contributed by atoms with van der Waals surface area (Å²) >= 11 is 1.05. The average molecular weight is 414 g/mol. The van der Waals surface area contributed by atoms with Crippen LogP contribution in [0.5, 0.6) is 0 Å². The zero-order chi connectivity index (χ0) is 21.3. The molecule has 0 bridgehead atoms. The molecule has 3 heterocycles. The van der Waals surface area contributed by atoms with E-state index in [1.165, 1.54) is 4.90 Å². The minimum Gasteiger partial charge on any atom is -0.462 e. The highest BCUT2D eigenvalue weighted by Gasteiger charge is 2.28. The lowest BCUT2D eigenvalue weighted by Gasteiger charge is -2.09. The van der Waals surface area contributed by atoms with E-state index in [9.17, 15) is 14.4 Å². The van der Waals surface area contributed by atoms with Crippen LogP contribution in [-0.2, 0) is 4.74 Å². The Balaban J connectivity index is 1.99. The maximum absolute atomic E-state index is 12.8. The van der Waals surface area contributed by atoms with Crippen LogP contribution >= 0.6 is 11.3 Å². The fourth-order valence-corrected chi connectivity index (χ4v) is 4.03. The third kappa shape index (κ3) is 4.00. The van der Waals surface area contributed by atoms with Gasteiger partial charge in [-0.05, 0) is 44.0 Å². The summed E-state index contributed by atoms with van der Waals surface area (Å²) < 4.78 is 6.87. The molecule has 0 unspecified atom stereocenters. The maximum atomic E-state index is 12.8. The van der Waals surface area contributed by atoms with Gasteiger partial charge in [-0.2, -0.15) is 0 Å². The Kier molecular flexibility index (Phi) is 5.69. The highest BCUT2D eigenvalue weighted by molar-refractivity contribution is 7.18. The van der Waals surface area contributed by atoms with E-state index in [1.807, 2.05) is 25.3 Å². The Morgan fingerprint density at radius 2 is 2.00 bits per heavy atom. The summed E-state index contributed by atoms with van der Waals surface area (Å²) in [5.74, 6) is -1.30. The van der Waals surface area contributed by atoms with Gasteiger partial charge in [-0.15, -0.1) is 11.3 Å². The van der Waals surface area contributed by atoms with Crippen molar-refractivity contribution in [1.82, 2.24) is 14.3 Å². The van der Waals surface area contributed by atoms with E-state index >= 15 is 0 Å². The van der Waals surface area contributed by atoms with E-state index in [0.29, 0.717) is 16.1 Å². The first-order valence-corrected chi connectivity index (χ1v) is 9.83.